The number of fused-ring (bicyclic) bond motifs is 2. The molecule has 2 unspecified atom stereocenters. The van der Waals surface area contributed by atoms with Crippen LogP contribution in [-0.4, -0.2) is 31.0 Å². The van der Waals surface area contributed by atoms with Gasteiger partial charge in [-0.25, -0.2) is 4.98 Å². The number of methoxy groups -OCH3 is 2. The molecule has 2 amide bonds. The first-order valence-corrected chi connectivity index (χ1v) is 15.7. The molecule has 5 aromatic carbocycles. The molecule has 1 aliphatic rings. The van der Waals surface area contributed by atoms with Crippen molar-refractivity contribution in [3.63, 3.8) is 0 Å². The summed E-state index contributed by atoms with van der Waals surface area (Å²) in [4.78, 5) is 34.0. The molecule has 1 aromatic heterocycles. The SMILES string of the molecule is COc1ccc(C2C(C(=O)Nc3ccc4oc(-c5cccc6c(Br)cccc56)nc4c3)CCC(=O)N2c2ccc(OC)cc2)cc1. The molecule has 1 fully saturated rings. The minimum Gasteiger partial charge on any atom is -0.497 e. The molecule has 0 aliphatic carbocycles. The Morgan fingerprint density at radius 1 is 0.891 bits per heavy atom. The van der Waals surface area contributed by atoms with E-state index in [0.717, 1.165) is 26.4 Å². The molecule has 0 spiro atoms. The zero-order valence-corrected chi connectivity index (χ0v) is 26.8. The molecule has 1 saturated heterocycles. The first kappa shape index (κ1) is 29.6. The Bertz CT molecular complexity index is 2070. The summed E-state index contributed by atoms with van der Waals surface area (Å²) < 4.78 is 17.9. The lowest BCUT2D eigenvalue weighted by Gasteiger charge is -2.41. The fraction of sp³-hybridized carbons (Fsp3) is 0.162. The Morgan fingerprint density at radius 3 is 2.33 bits per heavy atom. The lowest BCUT2D eigenvalue weighted by molar-refractivity contribution is -0.125. The molecule has 1 aliphatic heterocycles. The summed E-state index contributed by atoms with van der Waals surface area (Å²) in [5, 5.41) is 5.20. The highest BCUT2D eigenvalue weighted by atomic mass is 79.9. The summed E-state index contributed by atoms with van der Waals surface area (Å²) in [6.07, 6.45) is 0.643. The topological polar surface area (TPSA) is 93.9 Å². The highest BCUT2D eigenvalue weighted by molar-refractivity contribution is 9.10. The third kappa shape index (κ3) is 5.47. The molecule has 8 nitrogen and oxygen atoms in total. The summed E-state index contributed by atoms with van der Waals surface area (Å²) in [7, 11) is 3.20. The van der Waals surface area contributed by atoms with E-state index in [1.807, 2.05) is 103 Å². The molecule has 0 bridgehead atoms. The van der Waals surface area contributed by atoms with Crippen molar-refractivity contribution < 1.29 is 23.5 Å². The van der Waals surface area contributed by atoms with Gasteiger partial charge in [0, 0.05) is 27.8 Å². The Hall–Kier alpha value is -5.15. The third-order valence-electron chi connectivity index (χ3n) is 8.50. The van der Waals surface area contributed by atoms with E-state index in [4.69, 9.17) is 18.9 Å². The minimum atomic E-state index is -0.534. The van der Waals surface area contributed by atoms with Gasteiger partial charge in [0.15, 0.2) is 5.58 Å². The van der Waals surface area contributed by atoms with E-state index in [2.05, 4.69) is 21.2 Å². The van der Waals surface area contributed by atoms with E-state index in [9.17, 15) is 9.59 Å². The van der Waals surface area contributed by atoms with Gasteiger partial charge in [0.05, 0.1) is 26.2 Å². The van der Waals surface area contributed by atoms with Crippen molar-refractivity contribution in [1.82, 2.24) is 4.98 Å². The van der Waals surface area contributed by atoms with Crippen molar-refractivity contribution in [2.75, 3.05) is 24.4 Å². The fourth-order valence-corrected chi connectivity index (χ4v) is 6.71. The standard InChI is InChI=1S/C37H30BrN3O5/c1-44-25-14-9-22(10-15-25)35-30(18-20-34(42)41(35)24-12-16-26(45-2)17-13-24)36(43)39-23-11-19-33-32(21-23)40-37(46-33)29-7-3-6-28-27(29)5-4-8-31(28)38/h3-17,19,21,30,35H,18,20H2,1-2H3,(H,39,43). The first-order chi connectivity index (χ1) is 22.4. The number of carbonyl (C=O) groups is 2. The number of ether oxygens (including phenoxy) is 2. The molecule has 2 atom stereocenters. The summed E-state index contributed by atoms with van der Waals surface area (Å²) in [5.74, 6) is 1.12. The summed E-state index contributed by atoms with van der Waals surface area (Å²) in [5.41, 5.74) is 4.26. The number of piperidine rings is 1. The molecule has 2 heterocycles. The second-order valence-electron chi connectivity index (χ2n) is 11.2. The van der Waals surface area contributed by atoms with Crippen molar-refractivity contribution in [1.29, 1.82) is 0 Å². The molecular weight excluding hydrogens is 646 g/mol. The molecule has 0 saturated carbocycles. The van der Waals surface area contributed by atoms with E-state index in [1.165, 1.54) is 0 Å². The second kappa shape index (κ2) is 12.3. The smallest absolute Gasteiger partial charge is 0.229 e. The molecule has 7 rings (SSSR count). The van der Waals surface area contributed by atoms with Crippen LogP contribution in [0.25, 0.3) is 33.3 Å². The fourth-order valence-electron chi connectivity index (χ4n) is 6.21. The van der Waals surface area contributed by atoms with Gasteiger partial charge in [0.1, 0.15) is 17.0 Å². The van der Waals surface area contributed by atoms with Gasteiger partial charge in [-0.15, -0.1) is 0 Å². The number of aromatic nitrogens is 1. The zero-order valence-electron chi connectivity index (χ0n) is 25.2. The first-order valence-electron chi connectivity index (χ1n) is 14.9. The van der Waals surface area contributed by atoms with Crippen molar-refractivity contribution in [2.24, 2.45) is 5.92 Å². The number of anilines is 2. The van der Waals surface area contributed by atoms with Crippen LogP contribution in [0.15, 0.2) is 112 Å². The molecule has 1 N–H and O–H groups in total. The number of rotatable bonds is 7. The van der Waals surface area contributed by atoms with Crippen LogP contribution in [0.1, 0.15) is 24.4 Å². The van der Waals surface area contributed by atoms with Crippen LogP contribution >= 0.6 is 15.9 Å². The van der Waals surface area contributed by atoms with Crippen molar-refractivity contribution in [3.8, 4) is 23.0 Å². The van der Waals surface area contributed by atoms with Crippen LogP contribution in [0.2, 0.25) is 0 Å². The maximum absolute atomic E-state index is 14.1. The highest BCUT2D eigenvalue weighted by Gasteiger charge is 2.41. The summed E-state index contributed by atoms with van der Waals surface area (Å²) in [6, 6.07) is 31.8. The number of hydrogen-bond acceptors (Lipinski definition) is 6. The van der Waals surface area contributed by atoms with Crippen molar-refractivity contribution in [2.45, 2.75) is 18.9 Å². The highest BCUT2D eigenvalue weighted by Crippen LogP contribution is 2.42. The van der Waals surface area contributed by atoms with E-state index in [0.29, 0.717) is 46.3 Å². The summed E-state index contributed by atoms with van der Waals surface area (Å²) >= 11 is 3.63. The van der Waals surface area contributed by atoms with E-state index >= 15 is 0 Å². The van der Waals surface area contributed by atoms with Crippen LogP contribution in [0.4, 0.5) is 11.4 Å². The number of nitrogens with zero attached hydrogens (tertiary/aromatic N) is 2. The number of benzene rings is 5. The Labute approximate surface area is 274 Å². The maximum atomic E-state index is 14.1. The Morgan fingerprint density at radius 2 is 1.59 bits per heavy atom. The number of carbonyl (C=O) groups excluding carboxylic acids is 2. The maximum Gasteiger partial charge on any atom is 0.229 e. The molecular formula is C37H30BrN3O5. The average Bonchev–Trinajstić information content (AvgIpc) is 3.51. The number of nitrogens with one attached hydrogen (secondary N) is 1. The lowest BCUT2D eigenvalue weighted by Crippen LogP contribution is -2.46. The van der Waals surface area contributed by atoms with E-state index in [1.54, 1.807) is 19.1 Å². The largest absolute Gasteiger partial charge is 0.497 e. The normalized spacial score (nSPS) is 16.5. The number of oxazole rings is 1. The molecule has 0 radical (unpaired) electrons. The van der Waals surface area contributed by atoms with Gasteiger partial charge in [-0.05, 0) is 89.5 Å². The van der Waals surface area contributed by atoms with Crippen molar-refractivity contribution in [3.05, 3.63) is 113 Å². The monoisotopic (exact) mass is 675 g/mol. The van der Waals surface area contributed by atoms with Crippen LogP contribution in [0, 0.1) is 5.92 Å². The lowest BCUT2D eigenvalue weighted by atomic mass is 9.83. The number of amides is 2. The van der Waals surface area contributed by atoms with Gasteiger partial charge >= 0.3 is 0 Å². The predicted molar refractivity (Wildman–Crippen MR) is 182 cm³/mol. The second-order valence-corrected chi connectivity index (χ2v) is 12.0. The minimum absolute atomic E-state index is 0.0490. The molecule has 6 aromatic rings. The van der Waals surface area contributed by atoms with E-state index in [-0.39, 0.29) is 18.2 Å². The Balaban J connectivity index is 1.21. The van der Waals surface area contributed by atoms with E-state index < -0.39 is 12.0 Å². The zero-order chi connectivity index (χ0) is 31.8. The van der Waals surface area contributed by atoms with Crippen LogP contribution in [0.3, 0.4) is 0 Å². The van der Waals surface area contributed by atoms with Gasteiger partial charge in [-0.2, -0.15) is 0 Å². The average molecular weight is 677 g/mol. The predicted octanol–water partition coefficient (Wildman–Crippen LogP) is 8.55. The van der Waals surface area contributed by atoms with Gasteiger partial charge in [-0.1, -0.05) is 52.3 Å². The Kier molecular flexibility index (Phi) is 7.92. The molecule has 9 heteroatoms. The van der Waals surface area contributed by atoms with Gasteiger partial charge in [-0.3, -0.25) is 9.59 Å². The van der Waals surface area contributed by atoms with Gasteiger partial charge in [0.25, 0.3) is 0 Å². The van der Waals surface area contributed by atoms with Gasteiger partial charge < -0.3 is 24.1 Å². The number of hydrogen-bond donors (Lipinski definition) is 1. The van der Waals surface area contributed by atoms with Crippen LogP contribution < -0.4 is 19.7 Å². The quantitative estimate of drug-likeness (QED) is 0.182. The van der Waals surface area contributed by atoms with Crippen LogP contribution in [-0.2, 0) is 9.59 Å². The molecule has 230 valence electrons. The van der Waals surface area contributed by atoms with Crippen LogP contribution in [0.5, 0.6) is 11.5 Å². The number of halogens is 1. The summed E-state index contributed by atoms with van der Waals surface area (Å²) in [6.45, 7) is 0. The van der Waals surface area contributed by atoms with Gasteiger partial charge in [0.2, 0.25) is 17.7 Å². The third-order valence-corrected chi connectivity index (χ3v) is 9.19. The molecule has 46 heavy (non-hydrogen) atoms. The van der Waals surface area contributed by atoms with Crippen molar-refractivity contribution >= 4 is 61.0 Å².